The number of hydrogen-bond donors (Lipinski definition) is 2. The van der Waals surface area contributed by atoms with Gasteiger partial charge >= 0.3 is 0 Å². The number of nitrogens with one attached hydrogen (secondary N) is 1. The molecule has 0 bridgehead atoms. The second-order valence-electron chi connectivity index (χ2n) is 4.02. The normalized spacial score (nSPS) is 9.83. The molecule has 0 aliphatic rings. The molecule has 0 aliphatic heterocycles. The van der Waals surface area contributed by atoms with Gasteiger partial charge in [0.2, 0.25) is 0 Å². The van der Waals surface area contributed by atoms with Crippen LogP contribution in [0.3, 0.4) is 0 Å². The molecule has 18 heavy (non-hydrogen) atoms. The second-order valence-corrected chi connectivity index (χ2v) is 4.94. The van der Waals surface area contributed by atoms with E-state index in [1.165, 1.54) is 0 Å². The first-order valence-corrected chi connectivity index (χ1v) is 6.22. The van der Waals surface area contributed by atoms with Crippen molar-refractivity contribution in [2.24, 2.45) is 0 Å². The molecule has 0 heterocycles. The number of aryl methyl sites for hydroxylation is 1. The molecule has 3 nitrogen and oxygen atoms in total. The number of nitrogens with two attached hydrogens (primary N) is 1. The minimum Gasteiger partial charge on any atom is -0.396 e. The molecular formula is C14H12BrN3. The van der Waals surface area contributed by atoms with Crippen molar-refractivity contribution in [3.05, 3.63) is 52.0 Å². The van der Waals surface area contributed by atoms with Crippen molar-refractivity contribution >= 4 is 33.0 Å². The molecule has 0 aromatic heterocycles. The number of nitriles is 1. The molecule has 0 atom stereocenters. The Hall–Kier alpha value is -1.99. The van der Waals surface area contributed by atoms with Crippen molar-refractivity contribution in [2.45, 2.75) is 6.92 Å². The standard InChI is InChI=1S/C14H12BrN3/c1-9-5-11(15)7-12(6-9)18-13-4-2-3-10(8-16)14(13)17/h2-7,18H,17H2,1H3. The van der Waals surface area contributed by atoms with E-state index in [2.05, 4.69) is 27.3 Å². The van der Waals surface area contributed by atoms with Crippen molar-refractivity contribution in [1.82, 2.24) is 0 Å². The van der Waals surface area contributed by atoms with Crippen LogP contribution < -0.4 is 11.1 Å². The summed E-state index contributed by atoms with van der Waals surface area (Å²) < 4.78 is 1.00. The molecule has 2 aromatic rings. The maximum absolute atomic E-state index is 8.93. The maximum atomic E-state index is 8.93. The Kier molecular flexibility index (Phi) is 3.54. The van der Waals surface area contributed by atoms with Gasteiger partial charge in [-0.3, -0.25) is 0 Å². The van der Waals surface area contributed by atoms with E-state index >= 15 is 0 Å². The molecule has 0 unspecified atom stereocenters. The van der Waals surface area contributed by atoms with Gasteiger partial charge in [-0.2, -0.15) is 5.26 Å². The highest BCUT2D eigenvalue weighted by Crippen LogP contribution is 2.27. The van der Waals surface area contributed by atoms with E-state index in [1.807, 2.05) is 37.3 Å². The SMILES string of the molecule is Cc1cc(Br)cc(Nc2cccc(C#N)c2N)c1. The van der Waals surface area contributed by atoms with Crippen LogP contribution in [0.4, 0.5) is 17.1 Å². The van der Waals surface area contributed by atoms with Crippen molar-refractivity contribution in [1.29, 1.82) is 5.26 Å². The molecule has 2 rings (SSSR count). The summed E-state index contributed by atoms with van der Waals surface area (Å²) in [5.74, 6) is 0. The van der Waals surface area contributed by atoms with E-state index in [0.29, 0.717) is 11.3 Å². The predicted molar refractivity (Wildman–Crippen MR) is 77.7 cm³/mol. The summed E-state index contributed by atoms with van der Waals surface area (Å²) in [6.07, 6.45) is 0. The van der Waals surface area contributed by atoms with Gasteiger partial charge in [0.05, 0.1) is 16.9 Å². The number of halogens is 1. The molecule has 0 fully saturated rings. The van der Waals surface area contributed by atoms with Crippen LogP contribution in [-0.2, 0) is 0 Å². The van der Waals surface area contributed by atoms with E-state index < -0.39 is 0 Å². The fourth-order valence-corrected chi connectivity index (χ4v) is 2.34. The van der Waals surface area contributed by atoms with Crippen LogP contribution >= 0.6 is 15.9 Å². The predicted octanol–water partition coefficient (Wildman–Crippen LogP) is 3.96. The molecule has 0 saturated heterocycles. The van der Waals surface area contributed by atoms with Gasteiger partial charge in [0.15, 0.2) is 0 Å². The Labute approximate surface area is 114 Å². The molecular weight excluding hydrogens is 290 g/mol. The molecule has 0 spiro atoms. The Bertz CT molecular complexity index is 609. The van der Waals surface area contributed by atoms with Gasteiger partial charge in [0.1, 0.15) is 6.07 Å². The molecule has 0 radical (unpaired) electrons. The van der Waals surface area contributed by atoms with Crippen LogP contribution in [0.2, 0.25) is 0 Å². The molecule has 0 saturated carbocycles. The molecule has 0 amide bonds. The summed E-state index contributed by atoms with van der Waals surface area (Å²) in [6, 6.07) is 13.4. The highest BCUT2D eigenvalue weighted by Gasteiger charge is 2.05. The zero-order valence-electron chi connectivity index (χ0n) is 9.87. The number of benzene rings is 2. The number of nitrogen functional groups attached to an aromatic ring is 1. The number of rotatable bonds is 2. The fraction of sp³-hybridized carbons (Fsp3) is 0.0714. The lowest BCUT2D eigenvalue weighted by Crippen LogP contribution is -1.98. The van der Waals surface area contributed by atoms with E-state index in [9.17, 15) is 0 Å². The summed E-state index contributed by atoms with van der Waals surface area (Å²) >= 11 is 3.45. The fourth-order valence-electron chi connectivity index (χ4n) is 1.74. The van der Waals surface area contributed by atoms with Crippen molar-refractivity contribution < 1.29 is 0 Å². The third-order valence-electron chi connectivity index (χ3n) is 2.55. The summed E-state index contributed by atoms with van der Waals surface area (Å²) in [6.45, 7) is 2.02. The van der Waals surface area contributed by atoms with E-state index in [4.69, 9.17) is 11.0 Å². The van der Waals surface area contributed by atoms with Crippen LogP contribution in [0.15, 0.2) is 40.9 Å². The van der Waals surface area contributed by atoms with Gasteiger partial charge in [-0.1, -0.05) is 22.0 Å². The minimum atomic E-state index is 0.470. The van der Waals surface area contributed by atoms with E-state index in [-0.39, 0.29) is 0 Å². The van der Waals surface area contributed by atoms with Crippen LogP contribution in [-0.4, -0.2) is 0 Å². The smallest absolute Gasteiger partial charge is 0.101 e. The molecule has 2 aromatic carbocycles. The van der Waals surface area contributed by atoms with Crippen molar-refractivity contribution in [3.8, 4) is 6.07 Å². The Balaban J connectivity index is 2.37. The second kappa shape index (κ2) is 5.11. The first kappa shape index (κ1) is 12.5. The van der Waals surface area contributed by atoms with Gasteiger partial charge in [-0.25, -0.2) is 0 Å². The highest BCUT2D eigenvalue weighted by molar-refractivity contribution is 9.10. The van der Waals surface area contributed by atoms with E-state index in [0.717, 1.165) is 21.4 Å². The van der Waals surface area contributed by atoms with Gasteiger partial charge in [0, 0.05) is 10.2 Å². The zero-order valence-corrected chi connectivity index (χ0v) is 11.5. The van der Waals surface area contributed by atoms with Crippen molar-refractivity contribution in [2.75, 3.05) is 11.1 Å². The van der Waals surface area contributed by atoms with Crippen LogP contribution in [0.1, 0.15) is 11.1 Å². The van der Waals surface area contributed by atoms with E-state index in [1.54, 1.807) is 6.07 Å². The lowest BCUT2D eigenvalue weighted by Gasteiger charge is -2.11. The molecule has 3 N–H and O–H groups in total. The lowest BCUT2D eigenvalue weighted by molar-refractivity contribution is 1.42. The summed E-state index contributed by atoms with van der Waals surface area (Å²) in [7, 11) is 0. The number of anilines is 3. The molecule has 4 heteroatoms. The third kappa shape index (κ3) is 2.63. The largest absolute Gasteiger partial charge is 0.396 e. The lowest BCUT2D eigenvalue weighted by atomic mass is 10.1. The highest BCUT2D eigenvalue weighted by atomic mass is 79.9. The van der Waals surface area contributed by atoms with Gasteiger partial charge in [-0.15, -0.1) is 0 Å². The number of hydrogen-bond acceptors (Lipinski definition) is 3. The Morgan fingerprint density at radius 3 is 2.72 bits per heavy atom. The first-order valence-electron chi connectivity index (χ1n) is 5.43. The minimum absolute atomic E-state index is 0.470. The summed E-state index contributed by atoms with van der Waals surface area (Å²) in [5, 5.41) is 12.2. The number of nitrogens with zero attached hydrogens (tertiary/aromatic N) is 1. The Morgan fingerprint density at radius 2 is 2.06 bits per heavy atom. The van der Waals surface area contributed by atoms with Crippen LogP contribution in [0.5, 0.6) is 0 Å². The van der Waals surface area contributed by atoms with Crippen LogP contribution in [0.25, 0.3) is 0 Å². The maximum Gasteiger partial charge on any atom is 0.101 e. The monoisotopic (exact) mass is 301 g/mol. The average molecular weight is 302 g/mol. The van der Waals surface area contributed by atoms with Gasteiger partial charge < -0.3 is 11.1 Å². The van der Waals surface area contributed by atoms with Crippen molar-refractivity contribution in [3.63, 3.8) is 0 Å². The third-order valence-corrected chi connectivity index (χ3v) is 3.01. The molecule has 90 valence electrons. The molecule has 0 aliphatic carbocycles. The van der Waals surface area contributed by atoms with Gasteiger partial charge in [0.25, 0.3) is 0 Å². The Morgan fingerprint density at radius 1 is 1.28 bits per heavy atom. The first-order chi connectivity index (χ1) is 8.60. The summed E-state index contributed by atoms with van der Waals surface area (Å²) in [5.41, 5.74) is 9.69. The van der Waals surface area contributed by atoms with Crippen LogP contribution in [0, 0.1) is 18.3 Å². The number of para-hydroxylation sites is 1. The zero-order chi connectivity index (χ0) is 13.1. The average Bonchev–Trinajstić information content (AvgIpc) is 2.30. The topological polar surface area (TPSA) is 61.8 Å². The van der Waals surface area contributed by atoms with Gasteiger partial charge in [-0.05, 0) is 42.8 Å². The summed E-state index contributed by atoms with van der Waals surface area (Å²) in [4.78, 5) is 0. The quantitative estimate of drug-likeness (QED) is 0.826.